The lowest BCUT2D eigenvalue weighted by Gasteiger charge is -2.19. The van der Waals surface area contributed by atoms with E-state index in [0.29, 0.717) is 11.3 Å². The first-order valence-electron chi connectivity index (χ1n) is 9.08. The Labute approximate surface area is 169 Å². The first kappa shape index (κ1) is 21.0. The van der Waals surface area contributed by atoms with Gasteiger partial charge in [0.15, 0.2) is 0 Å². The van der Waals surface area contributed by atoms with Gasteiger partial charge in [-0.3, -0.25) is 14.1 Å². The highest BCUT2D eigenvalue weighted by atomic mass is 32.2. The van der Waals surface area contributed by atoms with Crippen molar-refractivity contribution < 1.29 is 27.3 Å². The minimum absolute atomic E-state index is 0.0148. The van der Waals surface area contributed by atoms with E-state index in [1.807, 2.05) is 26.8 Å². The number of esters is 1. The molecule has 29 heavy (non-hydrogen) atoms. The quantitative estimate of drug-likeness (QED) is 0.581. The molecule has 1 amide bonds. The van der Waals surface area contributed by atoms with Crippen LogP contribution in [0, 0.1) is 5.41 Å². The largest absolute Gasteiger partial charge is 0.465 e. The molecule has 0 radical (unpaired) electrons. The molecule has 2 N–H and O–H groups in total. The first-order chi connectivity index (χ1) is 13.4. The number of nitrogens with one attached hydrogen (secondary N) is 1. The zero-order valence-corrected chi connectivity index (χ0v) is 17.5. The fourth-order valence-electron chi connectivity index (χ4n) is 3.28. The lowest BCUT2D eigenvalue weighted by molar-refractivity contribution is -0.141. The van der Waals surface area contributed by atoms with E-state index in [2.05, 4.69) is 5.32 Å². The standard InChI is InChI=1S/C21H23NO6S/c1-12(23)28-11-19-17-9-13(22-20(24)21(2,3)4)5-7-15(17)16-8-6-14(10-18(16)19)29(25,26)27/h5-10,19H,11H2,1-4H3,(H,22,24)(H,25,26,27). The van der Waals surface area contributed by atoms with Crippen molar-refractivity contribution in [3.63, 3.8) is 0 Å². The van der Waals surface area contributed by atoms with Crippen molar-refractivity contribution >= 4 is 27.7 Å². The fourth-order valence-corrected chi connectivity index (χ4v) is 3.79. The summed E-state index contributed by atoms with van der Waals surface area (Å²) in [4.78, 5) is 23.5. The molecular weight excluding hydrogens is 394 g/mol. The van der Waals surface area contributed by atoms with Crippen LogP contribution in [0.5, 0.6) is 0 Å². The van der Waals surface area contributed by atoms with Crippen LogP contribution in [0.25, 0.3) is 11.1 Å². The van der Waals surface area contributed by atoms with E-state index >= 15 is 0 Å². The molecule has 1 unspecified atom stereocenters. The number of carbonyl (C=O) groups excluding carboxylic acids is 2. The van der Waals surface area contributed by atoms with Gasteiger partial charge in [0.1, 0.15) is 6.61 Å². The second kappa shape index (κ2) is 7.27. The van der Waals surface area contributed by atoms with Crippen LogP contribution in [0.15, 0.2) is 41.3 Å². The molecule has 8 heteroatoms. The number of hydrogen-bond donors (Lipinski definition) is 2. The van der Waals surface area contributed by atoms with Gasteiger partial charge in [-0.1, -0.05) is 32.9 Å². The van der Waals surface area contributed by atoms with E-state index in [1.165, 1.54) is 19.1 Å². The summed E-state index contributed by atoms with van der Waals surface area (Å²) in [5.74, 6) is -1.02. The Morgan fingerprint density at radius 1 is 1.07 bits per heavy atom. The number of hydrogen-bond acceptors (Lipinski definition) is 5. The minimum atomic E-state index is -4.37. The minimum Gasteiger partial charge on any atom is -0.465 e. The Hall–Kier alpha value is -2.71. The summed E-state index contributed by atoms with van der Waals surface area (Å²) < 4.78 is 37.7. The molecule has 1 aliphatic carbocycles. The molecule has 1 atom stereocenters. The summed E-state index contributed by atoms with van der Waals surface area (Å²) in [6.07, 6.45) is 0. The third-order valence-electron chi connectivity index (χ3n) is 4.81. The van der Waals surface area contributed by atoms with Crippen molar-refractivity contribution in [2.24, 2.45) is 5.41 Å². The van der Waals surface area contributed by atoms with Crippen molar-refractivity contribution in [3.8, 4) is 11.1 Å². The van der Waals surface area contributed by atoms with E-state index in [4.69, 9.17) is 4.74 Å². The summed E-state index contributed by atoms with van der Waals surface area (Å²) in [5.41, 5.74) is 3.12. The third-order valence-corrected chi connectivity index (χ3v) is 5.66. The zero-order valence-electron chi connectivity index (χ0n) is 16.6. The van der Waals surface area contributed by atoms with E-state index in [1.54, 1.807) is 18.2 Å². The molecule has 7 nitrogen and oxygen atoms in total. The van der Waals surface area contributed by atoms with Gasteiger partial charge in [0.25, 0.3) is 10.1 Å². The Morgan fingerprint density at radius 2 is 1.66 bits per heavy atom. The van der Waals surface area contributed by atoms with Gasteiger partial charge in [0.2, 0.25) is 5.91 Å². The maximum Gasteiger partial charge on any atom is 0.302 e. The lowest BCUT2D eigenvalue weighted by atomic mass is 9.95. The van der Waals surface area contributed by atoms with Crippen LogP contribution in [-0.4, -0.2) is 31.5 Å². The number of ether oxygens (including phenoxy) is 1. The predicted molar refractivity (Wildman–Crippen MR) is 108 cm³/mol. The van der Waals surface area contributed by atoms with Crippen LogP contribution in [0.2, 0.25) is 0 Å². The molecule has 0 aliphatic heterocycles. The molecule has 0 spiro atoms. The van der Waals surface area contributed by atoms with Gasteiger partial charge in [-0.15, -0.1) is 0 Å². The topological polar surface area (TPSA) is 110 Å². The number of fused-ring (bicyclic) bond motifs is 3. The molecular formula is C21H23NO6S. The second-order valence-corrected chi connectivity index (χ2v) is 9.51. The number of rotatable bonds is 4. The number of anilines is 1. The normalized spacial score (nSPS) is 15.4. The summed E-state index contributed by atoms with van der Waals surface area (Å²) in [5, 5.41) is 2.88. The Kier molecular flexibility index (Phi) is 5.27. The van der Waals surface area contributed by atoms with Crippen LogP contribution in [0.1, 0.15) is 44.7 Å². The maximum atomic E-state index is 12.3. The number of carbonyl (C=O) groups is 2. The van der Waals surface area contributed by atoms with Gasteiger partial charge in [-0.2, -0.15) is 8.42 Å². The smallest absolute Gasteiger partial charge is 0.302 e. The average Bonchev–Trinajstić information content (AvgIpc) is 2.90. The third kappa shape index (κ3) is 4.33. The van der Waals surface area contributed by atoms with E-state index in [9.17, 15) is 22.6 Å². The summed E-state index contributed by atoms with van der Waals surface area (Å²) >= 11 is 0. The SMILES string of the molecule is CC(=O)OCC1c2cc(NC(=O)C(C)(C)C)ccc2-c2ccc(S(=O)(=O)O)cc21. The van der Waals surface area contributed by atoms with Crippen molar-refractivity contribution in [1.82, 2.24) is 0 Å². The molecule has 0 saturated heterocycles. The van der Waals surface area contributed by atoms with Crippen LogP contribution < -0.4 is 5.32 Å². The van der Waals surface area contributed by atoms with Crippen molar-refractivity contribution in [1.29, 1.82) is 0 Å². The monoisotopic (exact) mass is 417 g/mol. The van der Waals surface area contributed by atoms with Crippen LogP contribution in [0.3, 0.4) is 0 Å². The summed E-state index contributed by atoms with van der Waals surface area (Å²) in [6.45, 7) is 6.75. The highest BCUT2D eigenvalue weighted by Gasteiger charge is 2.32. The molecule has 0 bridgehead atoms. The zero-order chi connectivity index (χ0) is 21.6. The van der Waals surface area contributed by atoms with E-state index in [-0.39, 0.29) is 17.4 Å². The highest BCUT2D eigenvalue weighted by Crippen LogP contribution is 2.46. The Bertz CT molecular complexity index is 1100. The highest BCUT2D eigenvalue weighted by molar-refractivity contribution is 7.85. The Morgan fingerprint density at radius 3 is 2.21 bits per heavy atom. The maximum absolute atomic E-state index is 12.3. The molecule has 154 valence electrons. The molecule has 0 aromatic heterocycles. The molecule has 2 aromatic rings. The molecule has 0 saturated carbocycles. The molecule has 2 aromatic carbocycles. The summed E-state index contributed by atoms with van der Waals surface area (Å²) in [6, 6.07) is 9.77. The average molecular weight is 417 g/mol. The van der Waals surface area contributed by atoms with Gasteiger partial charge in [-0.05, 0) is 46.5 Å². The molecule has 0 heterocycles. The van der Waals surface area contributed by atoms with Gasteiger partial charge in [0.05, 0.1) is 4.90 Å². The lowest BCUT2D eigenvalue weighted by Crippen LogP contribution is -2.27. The Balaban J connectivity index is 2.06. The van der Waals surface area contributed by atoms with Crippen LogP contribution in [0.4, 0.5) is 5.69 Å². The van der Waals surface area contributed by atoms with Crippen molar-refractivity contribution in [2.75, 3.05) is 11.9 Å². The van der Waals surface area contributed by atoms with Gasteiger partial charge in [0, 0.05) is 23.9 Å². The fraction of sp³-hybridized carbons (Fsp3) is 0.333. The van der Waals surface area contributed by atoms with Gasteiger partial charge < -0.3 is 10.1 Å². The van der Waals surface area contributed by atoms with Crippen LogP contribution >= 0.6 is 0 Å². The second-order valence-electron chi connectivity index (χ2n) is 8.09. The van der Waals surface area contributed by atoms with Gasteiger partial charge >= 0.3 is 5.97 Å². The van der Waals surface area contributed by atoms with Crippen molar-refractivity contribution in [3.05, 3.63) is 47.5 Å². The molecule has 3 rings (SSSR count). The number of benzene rings is 2. The van der Waals surface area contributed by atoms with Crippen LogP contribution in [-0.2, 0) is 24.4 Å². The van der Waals surface area contributed by atoms with Crippen molar-refractivity contribution in [2.45, 2.75) is 38.5 Å². The van der Waals surface area contributed by atoms with Gasteiger partial charge in [-0.25, -0.2) is 0 Å². The van der Waals surface area contributed by atoms with E-state index in [0.717, 1.165) is 16.7 Å². The summed E-state index contributed by atoms with van der Waals surface area (Å²) in [7, 11) is -4.37. The molecule has 1 aliphatic rings. The first-order valence-corrected chi connectivity index (χ1v) is 10.5. The van der Waals surface area contributed by atoms with E-state index < -0.39 is 27.4 Å². The number of amides is 1. The molecule has 0 fully saturated rings. The predicted octanol–water partition coefficient (Wildman–Crippen LogP) is 3.59.